The molecule has 186 valence electrons. The predicted molar refractivity (Wildman–Crippen MR) is 141 cm³/mol. The standard InChI is InChI=1S/C15H24O3S.C14H12NO/c1-9(2)12-7-13(10(3)4)15(19(16,17)18)14(8-12)11(5)6;1-16-15-10-11-6-2-3-7-12(11)13-8-4-5-9-14(13)15/h7-11H,1-6H3,(H,16,17,18);2-10H,1H3/q;+1/p-1. The Balaban J connectivity index is 0.000000197. The van der Waals surface area contributed by atoms with E-state index in [1.54, 1.807) is 11.8 Å². The summed E-state index contributed by atoms with van der Waals surface area (Å²) in [4.78, 5) is 5.34. The van der Waals surface area contributed by atoms with Crippen LogP contribution in [-0.2, 0) is 10.1 Å². The molecule has 0 fully saturated rings. The molecule has 0 N–H and O–H groups in total. The first kappa shape index (κ1) is 26.6. The normalized spacial score (nSPS) is 11.9. The van der Waals surface area contributed by atoms with E-state index in [2.05, 4.69) is 50.2 Å². The number of hydrogen-bond acceptors (Lipinski definition) is 4. The minimum Gasteiger partial charge on any atom is -0.744 e. The summed E-state index contributed by atoms with van der Waals surface area (Å²) in [6.07, 6.45) is 2.01. The lowest BCUT2D eigenvalue weighted by Crippen LogP contribution is -2.40. The Labute approximate surface area is 209 Å². The van der Waals surface area contributed by atoms with Crippen molar-refractivity contribution in [1.82, 2.24) is 0 Å². The van der Waals surface area contributed by atoms with Crippen LogP contribution in [0.4, 0.5) is 0 Å². The molecule has 0 spiro atoms. The van der Waals surface area contributed by atoms with Crippen LogP contribution in [0.3, 0.4) is 0 Å². The topological polar surface area (TPSA) is 70.3 Å². The highest BCUT2D eigenvalue weighted by molar-refractivity contribution is 7.85. The molecule has 0 saturated carbocycles. The summed E-state index contributed by atoms with van der Waals surface area (Å²) in [6, 6.07) is 20.3. The Hall–Kier alpha value is -2.96. The van der Waals surface area contributed by atoms with Crippen molar-refractivity contribution in [1.29, 1.82) is 0 Å². The second-order valence-corrected chi connectivity index (χ2v) is 11.0. The molecule has 0 aliphatic heterocycles. The van der Waals surface area contributed by atoms with Crippen molar-refractivity contribution in [3.05, 3.63) is 83.6 Å². The lowest BCUT2D eigenvalue weighted by Gasteiger charge is -2.24. The van der Waals surface area contributed by atoms with Gasteiger partial charge < -0.3 is 4.55 Å². The molecule has 0 bridgehead atoms. The van der Waals surface area contributed by atoms with Crippen LogP contribution >= 0.6 is 0 Å². The molecular formula is C29H35NO4S. The van der Waals surface area contributed by atoms with E-state index in [9.17, 15) is 13.0 Å². The van der Waals surface area contributed by atoms with E-state index in [0.29, 0.717) is 17.0 Å². The van der Waals surface area contributed by atoms with Gasteiger partial charge in [0, 0.05) is 16.2 Å². The van der Waals surface area contributed by atoms with Crippen LogP contribution in [0.25, 0.3) is 21.7 Å². The molecule has 0 aliphatic rings. The second-order valence-electron chi connectivity index (χ2n) is 9.69. The summed E-state index contributed by atoms with van der Waals surface area (Å²) in [5, 5.41) is 3.65. The third-order valence-corrected chi connectivity index (χ3v) is 7.15. The number of fused-ring (bicyclic) bond motifs is 3. The summed E-state index contributed by atoms with van der Waals surface area (Å²) in [7, 11) is -2.76. The van der Waals surface area contributed by atoms with E-state index < -0.39 is 10.1 Å². The van der Waals surface area contributed by atoms with Crippen molar-refractivity contribution in [3.63, 3.8) is 0 Å². The van der Waals surface area contributed by atoms with Gasteiger partial charge in [-0.05, 0) is 46.6 Å². The highest BCUT2D eigenvalue weighted by Gasteiger charge is 2.21. The van der Waals surface area contributed by atoms with Gasteiger partial charge in [-0.2, -0.15) is 0 Å². The van der Waals surface area contributed by atoms with Crippen LogP contribution < -0.4 is 9.57 Å². The molecule has 5 nitrogen and oxygen atoms in total. The highest BCUT2D eigenvalue weighted by Crippen LogP contribution is 2.34. The summed E-state index contributed by atoms with van der Waals surface area (Å²) >= 11 is 0. The molecule has 0 atom stereocenters. The minimum absolute atomic E-state index is 0.00919. The van der Waals surface area contributed by atoms with Crippen LogP contribution in [0, 0.1) is 0 Å². The quantitative estimate of drug-likeness (QED) is 0.186. The molecule has 0 radical (unpaired) electrons. The first-order valence-electron chi connectivity index (χ1n) is 12.0. The number of aromatic nitrogens is 1. The van der Waals surface area contributed by atoms with Crippen molar-refractivity contribution >= 4 is 31.8 Å². The number of para-hydroxylation sites is 1. The smallest absolute Gasteiger partial charge is 0.265 e. The highest BCUT2D eigenvalue weighted by atomic mass is 32.2. The Morgan fingerprint density at radius 3 is 1.77 bits per heavy atom. The number of benzene rings is 3. The average Bonchev–Trinajstić information content (AvgIpc) is 2.82. The molecule has 1 heterocycles. The van der Waals surface area contributed by atoms with Crippen LogP contribution in [-0.4, -0.2) is 20.1 Å². The fourth-order valence-electron chi connectivity index (χ4n) is 4.27. The maximum Gasteiger partial charge on any atom is 0.265 e. The monoisotopic (exact) mass is 493 g/mol. The van der Waals surface area contributed by atoms with E-state index in [-0.39, 0.29) is 16.7 Å². The number of rotatable bonds is 5. The molecule has 6 heteroatoms. The molecule has 4 rings (SSSR count). The molecule has 35 heavy (non-hydrogen) atoms. The van der Waals surface area contributed by atoms with E-state index >= 15 is 0 Å². The van der Waals surface area contributed by atoms with Gasteiger partial charge in [-0.25, -0.2) is 8.42 Å². The van der Waals surface area contributed by atoms with Gasteiger partial charge in [-0.1, -0.05) is 84.0 Å². The van der Waals surface area contributed by atoms with E-state index in [1.165, 1.54) is 16.2 Å². The van der Waals surface area contributed by atoms with Gasteiger partial charge in [0.1, 0.15) is 17.2 Å². The maximum absolute atomic E-state index is 11.6. The van der Waals surface area contributed by atoms with Crippen molar-refractivity contribution in [2.24, 2.45) is 0 Å². The molecule has 0 unspecified atom stereocenters. The fourth-order valence-corrected chi connectivity index (χ4v) is 5.44. The van der Waals surface area contributed by atoms with Gasteiger partial charge in [0.15, 0.2) is 0 Å². The lowest BCUT2D eigenvalue weighted by atomic mass is 9.89. The lowest BCUT2D eigenvalue weighted by molar-refractivity contribution is -0.864. The molecule has 0 amide bonds. The molecule has 0 aliphatic carbocycles. The minimum atomic E-state index is -4.45. The zero-order valence-electron chi connectivity index (χ0n) is 21.6. The van der Waals surface area contributed by atoms with Crippen molar-refractivity contribution in [3.8, 4) is 0 Å². The Kier molecular flexibility index (Phi) is 8.18. The SMILES string of the molecule is CC(C)c1cc(C(C)C)c(S(=O)(=O)[O-])c(C(C)C)c1.CO[n+]1cc2ccccc2c2ccccc21. The van der Waals surface area contributed by atoms with Gasteiger partial charge in [-0.3, -0.25) is 4.84 Å². The summed E-state index contributed by atoms with van der Waals surface area (Å²) in [6.45, 7) is 11.8. The van der Waals surface area contributed by atoms with Crippen molar-refractivity contribution in [2.45, 2.75) is 64.2 Å². The summed E-state index contributed by atoms with van der Waals surface area (Å²) < 4.78 is 36.6. The van der Waals surface area contributed by atoms with Crippen LogP contribution in [0.15, 0.2) is 71.8 Å². The zero-order valence-corrected chi connectivity index (χ0v) is 22.4. The molecule has 3 aromatic carbocycles. The molecular weight excluding hydrogens is 458 g/mol. The Bertz CT molecular complexity index is 1410. The predicted octanol–water partition coefficient (Wildman–Crippen LogP) is 6.30. The third kappa shape index (κ3) is 5.82. The maximum atomic E-state index is 11.6. The van der Waals surface area contributed by atoms with E-state index in [1.807, 2.05) is 58.2 Å². The third-order valence-electron chi connectivity index (χ3n) is 6.17. The van der Waals surface area contributed by atoms with E-state index in [0.717, 1.165) is 11.1 Å². The Morgan fingerprint density at radius 2 is 1.29 bits per heavy atom. The Morgan fingerprint density at radius 1 is 0.771 bits per heavy atom. The zero-order chi connectivity index (χ0) is 25.9. The fraction of sp³-hybridized carbons (Fsp3) is 0.345. The summed E-state index contributed by atoms with van der Waals surface area (Å²) in [5.74, 6) is 0.322. The van der Waals surface area contributed by atoms with Gasteiger partial charge in [0.25, 0.3) is 5.52 Å². The average molecular weight is 494 g/mol. The molecule has 0 saturated heterocycles. The van der Waals surface area contributed by atoms with Crippen molar-refractivity contribution < 1.29 is 22.5 Å². The first-order chi connectivity index (χ1) is 16.5. The largest absolute Gasteiger partial charge is 0.744 e. The number of hydrogen-bond donors (Lipinski definition) is 0. The summed E-state index contributed by atoms with van der Waals surface area (Å²) in [5.41, 5.74) is 3.46. The van der Waals surface area contributed by atoms with Crippen LogP contribution in [0.2, 0.25) is 0 Å². The van der Waals surface area contributed by atoms with Crippen molar-refractivity contribution in [2.75, 3.05) is 7.11 Å². The second kappa shape index (κ2) is 10.8. The molecule has 1 aromatic heterocycles. The van der Waals surface area contributed by atoms with Crippen LogP contribution in [0.5, 0.6) is 0 Å². The first-order valence-corrected chi connectivity index (χ1v) is 13.4. The van der Waals surface area contributed by atoms with Gasteiger partial charge in [0.2, 0.25) is 6.20 Å². The van der Waals surface area contributed by atoms with Gasteiger partial charge in [0.05, 0.1) is 15.7 Å². The van der Waals surface area contributed by atoms with Gasteiger partial charge in [-0.15, -0.1) is 0 Å². The number of nitrogens with zero attached hydrogens (tertiary/aromatic N) is 1. The van der Waals surface area contributed by atoms with Crippen LogP contribution in [0.1, 0.15) is 76.0 Å². The van der Waals surface area contributed by atoms with E-state index in [4.69, 9.17) is 4.84 Å². The van der Waals surface area contributed by atoms with Gasteiger partial charge >= 0.3 is 0 Å². The number of pyridine rings is 1. The molecule has 4 aromatic rings.